The molecule has 0 amide bonds. The second kappa shape index (κ2) is 4.66. The minimum atomic E-state index is 0.00644. The molecule has 4 N–H and O–H groups in total. The van der Waals surface area contributed by atoms with Crippen LogP contribution in [0.1, 0.15) is 20.3 Å². The normalized spacial score (nSPS) is 21.0. The van der Waals surface area contributed by atoms with Crippen molar-refractivity contribution < 1.29 is 0 Å². The Kier molecular flexibility index (Phi) is 3.51. The Balaban J connectivity index is 3.07. The topological polar surface area (TPSA) is 101 Å². The molecule has 0 saturated carbocycles. The summed E-state index contributed by atoms with van der Waals surface area (Å²) in [6.07, 6.45) is 0.826. The maximum atomic E-state index is 8.97. The van der Waals surface area contributed by atoms with Gasteiger partial charge in [0, 0.05) is 19.2 Å². The Morgan fingerprint density at radius 1 is 1.75 bits per heavy atom. The lowest BCUT2D eigenvalue weighted by molar-refractivity contribution is 0.308. The third-order valence-corrected chi connectivity index (χ3v) is 2.40. The van der Waals surface area contributed by atoms with Crippen molar-refractivity contribution in [3.8, 4) is 6.07 Å². The molecule has 1 aliphatic heterocycles. The molecule has 1 rings (SSSR count). The van der Waals surface area contributed by atoms with Gasteiger partial charge in [-0.05, 0) is 13.8 Å². The number of hydrogen-bond acceptors (Lipinski definition) is 5. The van der Waals surface area contributed by atoms with Gasteiger partial charge < -0.3 is 11.1 Å². The van der Waals surface area contributed by atoms with Gasteiger partial charge in [-0.15, -0.1) is 0 Å². The van der Waals surface area contributed by atoms with Crippen molar-refractivity contribution in [2.24, 2.45) is 10.8 Å². The molecule has 1 heterocycles. The molecule has 1 atom stereocenters. The number of hydrazone groups is 1. The highest BCUT2D eigenvalue weighted by molar-refractivity contribution is 5.99. The van der Waals surface area contributed by atoms with Crippen molar-refractivity contribution in [3.63, 3.8) is 0 Å². The van der Waals surface area contributed by atoms with Crippen molar-refractivity contribution in [1.82, 2.24) is 10.3 Å². The van der Waals surface area contributed by atoms with Gasteiger partial charge in [0.25, 0.3) is 0 Å². The number of likely N-dealkylation sites (N-methyl/N-ethyl adjacent to an activating group) is 1. The van der Waals surface area contributed by atoms with Gasteiger partial charge in [0.1, 0.15) is 23.3 Å². The van der Waals surface area contributed by atoms with E-state index in [9.17, 15) is 0 Å². The van der Waals surface area contributed by atoms with Crippen LogP contribution in [0.2, 0.25) is 0 Å². The van der Waals surface area contributed by atoms with Crippen LogP contribution in [0.5, 0.6) is 0 Å². The highest BCUT2D eigenvalue weighted by Gasteiger charge is 2.25. The molecule has 6 nitrogen and oxygen atoms in total. The van der Waals surface area contributed by atoms with Gasteiger partial charge in [-0.2, -0.15) is 10.4 Å². The van der Waals surface area contributed by atoms with Gasteiger partial charge in [0.15, 0.2) is 0 Å². The van der Waals surface area contributed by atoms with E-state index < -0.39 is 0 Å². The molecule has 86 valence electrons. The van der Waals surface area contributed by atoms with E-state index in [2.05, 4.69) is 10.4 Å². The molecule has 16 heavy (non-hydrogen) atoms. The molecular weight excluding hydrogens is 204 g/mol. The Morgan fingerprint density at radius 3 is 2.75 bits per heavy atom. The first-order valence-electron chi connectivity index (χ1n) is 5.01. The first kappa shape index (κ1) is 12.0. The molecular formula is C10H16N6. The van der Waals surface area contributed by atoms with Crippen LogP contribution < -0.4 is 11.1 Å². The van der Waals surface area contributed by atoms with Crippen LogP contribution in [-0.4, -0.2) is 29.6 Å². The zero-order chi connectivity index (χ0) is 12.3. The van der Waals surface area contributed by atoms with Gasteiger partial charge in [0.2, 0.25) is 0 Å². The number of amidine groups is 1. The smallest absolute Gasteiger partial charge is 0.142 e. The minimum Gasteiger partial charge on any atom is -0.383 e. The SMILES string of the molecule is CNC(=N)/C(C#N)=C(/N)N1N=C(C)CC1C. The molecule has 1 unspecified atom stereocenters. The van der Waals surface area contributed by atoms with Crippen LogP contribution >= 0.6 is 0 Å². The van der Waals surface area contributed by atoms with E-state index in [0.29, 0.717) is 0 Å². The van der Waals surface area contributed by atoms with Gasteiger partial charge in [-0.25, -0.2) is 5.01 Å². The first-order chi connectivity index (χ1) is 7.51. The third kappa shape index (κ3) is 2.14. The van der Waals surface area contributed by atoms with Crippen LogP contribution in [0.25, 0.3) is 0 Å². The molecule has 0 bridgehead atoms. The molecule has 0 aliphatic carbocycles. The second-order valence-corrected chi connectivity index (χ2v) is 3.73. The van der Waals surface area contributed by atoms with E-state index in [1.807, 2.05) is 19.9 Å². The summed E-state index contributed by atoms with van der Waals surface area (Å²) in [6.45, 7) is 3.89. The Hall–Kier alpha value is -2.03. The fourth-order valence-electron chi connectivity index (χ4n) is 1.61. The average molecular weight is 220 g/mol. The summed E-state index contributed by atoms with van der Waals surface area (Å²) in [5, 5.41) is 25.0. The monoisotopic (exact) mass is 220 g/mol. The van der Waals surface area contributed by atoms with E-state index in [1.54, 1.807) is 12.1 Å². The highest BCUT2D eigenvalue weighted by Crippen LogP contribution is 2.19. The van der Waals surface area contributed by atoms with Crippen molar-refractivity contribution in [2.45, 2.75) is 26.3 Å². The molecule has 6 heteroatoms. The maximum Gasteiger partial charge on any atom is 0.142 e. The van der Waals surface area contributed by atoms with Crippen LogP contribution in [0.15, 0.2) is 16.5 Å². The molecule has 0 fully saturated rings. The van der Waals surface area contributed by atoms with E-state index >= 15 is 0 Å². The van der Waals surface area contributed by atoms with Crippen LogP contribution in [0.3, 0.4) is 0 Å². The largest absolute Gasteiger partial charge is 0.383 e. The maximum absolute atomic E-state index is 8.97. The Labute approximate surface area is 94.9 Å². The summed E-state index contributed by atoms with van der Waals surface area (Å²) in [4.78, 5) is 0. The summed E-state index contributed by atoms with van der Waals surface area (Å²) in [7, 11) is 1.58. The fraction of sp³-hybridized carbons (Fsp3) is 0.500. The number of hydrogen-bond donors (Lipinski definition) is 3. The summed E-state index contributed by atoms with van der Waals surface area (Å²) in [6, 6.07) is 2.05. The zero-order valence-corrected chi connectivity index (χ0v) is 9.70. The summed E-state index contributed by atoms with van der Waals surface area (Å²) >= 11 is 0. The molecule has 0 spiro atoms. The Morgan fingerprint density at radius 2 is 2.38 bits per heavy atom. The van der Waals surface area contributed by atoms with E-state index in [-0.39, 0.29) is 23.3 Å². The number of nitrogens with zero attached hydrogens (tertiary/aromatic N) is 3. The molecule has 1 aliphatic rings. The zero-order valence-electron chi connectivity index (χ0n) is 9.70. The van der Waals surface area contributed by atoms with Gasteiger partial charge in [-0.1, -0.05) is 0 Å². The number of rotatable bonds is 2. The lowest BCUT2D eigenvalue weighted by Crippen LogP contribution is -2.32. The quantitative estimate of drug-likeness (QED) is 0.355. The summed E-state index contributed by atoms with van der Waals surface area (Å²) < 4.78 is 0. The van der Waals surface area contributed by atoms with E-state index in [0.717, 1.165) is 12.1 Å². The predicted octanol–water partition coefficient (Wildman–Crippen LogP) is 0.347. The van der Waals surface area contributed by atoms with Crippen molar-refractivity contribution in [2.75, 3.05) is 7.05 Å². The lowest BCUT2D eigenvalue weighted by atomic mass is 10.2. The van der Waals surface area contributed by atoms with Crippen LogP contribution in [0, 0.1) is 16.7 Å². The number of nitrogens with two attached hydrogens (primary N) is 1. The van der Waals surface area contributed by atoms with Gasteiger partial charge in [-0.3, -0.25) is 5.41 Å². The van der Waals surface area contributed by atoms with Crippen molar-refractivity contribution in [1.29, 1.82) is 10.7 Å². The number of nitriles is 1. The average Bonchev–Trinajstić information content (AvgIpc) is 2.58. The van der Waals surface area contributed by atoms with Crippen molar-refractivity contribution in [3.05, 3.63) is 11.4 Å². The minimum absolute atomic E-state index is 0.00644. The first-order valence-corrected chi connectivity index (χ1v) is 5.01. The van der Waals surface area contributed by atoms with E-state index in [4.69, 9.17) is 16.4 Å². The summed E-state index contributed by atoms with van der Waals surface area (Å²) in [5.41, 5.74) is 6.95. The molecule has 0 aromatic heterocycles. The Bertz CT molecular complexity index is 400. The number of nitrogens with one attached hydrogen (secondary N) is 2. The van der Waals surface area contributed by atoms with Crippen molar-refractivity contribution >= 4 is 11.5 Å². The molecule has 0 aromatic rings. The predicted molar refractivity (Wildman–Crippen MR) is 62.6 cm³/mol. The fourth-order valence-corrected chi connectivity index (χ4v) is 1.61. The summed E-state index contributed by atoms with van der Waals surface area (Å²) in [5.74, 6) is 0.234. The van der Waals surface area contributed by atoms with Crippen LogP contribution in [0.4, 0.5) is 0 Å². The molecule has 0 radical (unpaired) electrons. The third-order valence-electron chi connectivity index (χ3n) is 2.40. The molecule has 0 saturated heterocycles. The standard InChI is InChI=1S/C10H16N6/c1-6-4-7(2)16(15-6)10(13)8(5-11)9(12)14-3/h7H,4,13H2,1-3H3,(H2,12,14)/b10-8-. The second-order valence-electron chi connectivity index (χ2n) is 3.73. The highest BCUT2D eigenvalue weighted by atomic mass is 15.5. The van der Waals surface area contributed by atoms with Gasteiger partial charge in [0.05, 0.1) is 6.04 Å². The van der Waals surface area contributed by atoms with Crippen LogP contribution in [-0.2, 0) is 0 Å². The van der Waals surface area contributed by atoms with E-state index in [1.165, 1.54) is 0 Å². The molecule has 0 aromatic carbocycles. The lowest BCUT2D eigenvalue weighted by Gasteiger charge is -2.21. The van der Waals surface area contributed by atoms with Gasteiger partial charge >= 0.3 is 0 Å².